The summed E-state index contributed by atoms with van der Waals surface area (Å²) >= 11 is 2.93. The Morgan fingerprint density at radius 3 is 3.00 bits per heavy atom. The molecule has 1 N–H and O–H groups in total. The van der Waals surface area contributed by atoms with Crippen LogP contribution >= 0.6 is 23.1 Å². The van der Waals surface area contributed by atoms with Gasteiger partial charge in [0.1, 0.15) is 0 Å². The quantitative estimate of drug-likeness (QED) is 0.505. The molecule has 2 aromatic rings. The maximum Gasteiger partial charge on any atom is 0.230 e. The largest absolute Gasteiger partial charge is 0.300 e. The minimum atomic E-state index is -0.0734. The molecule has 104 valence electrons. The number of aryl methyl sites for hydroxylation is 1. The third-order valence-corrected chi connectivity index (χ3v) is 4.56. The Bertz CT molecular complexity index is 610. The average molecular weight is 305 g/mol. The third kappa shape index (κ3) is 4.18. The Kier molecular flexibility index (Phi) is 5.31. The van der Waals surface area contributed by atoms with Gasteiger partial charge in [0, 0.05) is 5.75 Å². The highest BCUT2D eigenvalue weighted by molar-refractivity contribution is 8.01. The van der Waals surface area contributed by atoms with Gasteiger partial charge in [-0.15, -0.1) is 16.8 Å². The third-order valence-electron chi connectivity index (χ3n) is 2.59. The van der Waals surface area contributed by atoms with E-state index < -0.39 is 0 Å². The van der Waals surface area contributed by atoms with Crippen LogP contribution in [0.15, 0.2) is 41.3 Å². The molecule has 0 saturated carbocycles. The van der Waals surface area contributed by atoms with Crippen molar-refractivity contribution in [3.8, 4) is 0 Å². The van der Waals surface area contributed by atoms with Crippen LogP contribution in [0.1, 0.15) is 11.1 Å². The predicted molar refractivity (Wildman–Crippen MR) is 84.3 cm³/mol. The number of thioether (sulfide) groups is 1. The summed E-state index contributed by atoms with van der Waals surface area (Å²) in [6.07, 6.45) is 2.16. The number of nitrogens with zero attached hydrogens (tertiary/aromatic N) is 2. The molecule has 1 heterocycles. The second kappa shape index (κ2) is 7.21. The average Bonchev–Trinajstić information content (AvgIpc) is 2.86. The number of carbonyl (C=O) groups excluding carboxylic acids is 1. The van der Waals surface area contributed by atoms with Gasteiger partial charge in [0.25, 0.3) is 0 Å². The molecule has 0 spiro atoms. The maximum absolute atomic E-state index is 12.0. The second-order valence-electron chi connectivity index (χ2n) is 4.12. The van der Waals surface area contributed by atoms with E-state index >= 15 is 0 Å². The number of nitrogens with one attached hydrogen (secondary N) is 1. The van der Waals surface area contributed by atoms with Gasteiger partial charge in [-0.1, -0.05) is 53.4 Å². The highest BCUT2D eigenvalue weighted by atomic mass is 32.2. The summed E-state index contributed by atoms with van der Waals surface area (Å²) in [6, 6.07) is 7.85. The molecular weight excluding hydrogens is 290 g/mol. The molecule has 0 aliphatic heterocycles. The molecular formula is C14H15N3OS2. The molecule has 2 rings (SSSR count). The fraction of sp³-hybridized carbons (Fsp3) is 0.214. The summed E-state index contributed by atoms with van der Waals surface area (Å²) in [5.41, 5.74) is 2.14. The Morgan fingerprint density at radius 2 is 2.25 bits per heavy atom. The van der Waals surface area contributed by atoms with Crippen LogP contribution in [-0.4, -0.2) is 21.9 Å². The summed E-state index contributed by atoms with van der Waals surface area (Å²) in [5.74, 6) is 0.710. The standard InChI is InChI=1S/C14H15N3OS2/c1-3-8-19-14-17-16-13(20-14)15-12(18)9-11-7-5-4-6-10(11)2/h3-7H,1,8-9H2,2H3,(H,15,16,18). The topological polar surface area (TPSA) is 54.9 Å². The monoisotopic (exact) mass is 305 g/mol. The smallest absolute Gasteiger partial charge is 0.230 e. The minimum Gasteiger partial charge on any atom is -0.300 e. The number of hydrogen-bond acceptors (Lipinski definition) is 5. The lowest BCUT2D eigenvalue weighted by atomic mass is 10.1. The molecule has 0 aliphatic rings. The zero-order valence-electron chi connectivity index (χ0n) is 11.1. The van der Waals surface area contributed by atoms with E-state index in [1.165, 1.54) is 11.3 Å². The van der Waals surface area contributed by atoms with Crippen LogP contribution in [0, 0.1) is 6.92 Å². The number of carbonyl (C=O) groups is 1. The van der Waals surface area contributed by atoms with Crippen molar-refractivity contribution in [3.63, 3.8) is 0 Å². The molecule has 1 aromatic heterocycles. The van der Waals surface area contributed by atoms with E-state index in [0.717, 1.165) is 21.2 Å². The van der Waals surface area contributed by atoms with Crippen molar-refractivity contribution in [2.45, 2.75) is 17.7 Å². The molecule has 0 radical (unpaired) electrons. The number of rotatable bonds is 6. The van der Waals surface area contributed by atoms with Gasteiger partial charge in [0.15, 0.2) is 4.34 Å². The molecule has 0 aliphatic carbocycles. The molecule has 0 saturated heterocycles. The van der Waals surface area contributed by atoms with E-state index in [-0.39, 0.29) is 5.91 Å². The van der Waals surface area contributed by atoms with Crippen LogP contribution < -0.4 is 5.32 Å². The Hall–Kier alpha value is -1.66. The molecule has 1 aromatic carbocycles. The Balaban J connectivity index is 1.93. The highest BCUT2D eigenvalue weighted by Gasteiger charge is 2.09. The fourth-order valence-electron chi connectivity index (χ4n) is 1.59. The number of anilines is 1. The van der Waals surface area contributed by atoms with Gasteiger partial charge in [-0.2, -0.15) is 0 Å². The first-order chi connectivity index (χ1) is 9.69. The van der Waals surface area contributed by atoms with E-state index in [0.29, 0.717) is 11.6 Å². The first kappa shape index (κ1) is 14.7. The van der Waals surface area contributed by atoms with Crippen molar-refractivity contribution >= 4 is 34.1 Å². The van der Waals surface area contributed by atoms with Gasteiger partial charge >= 0.3 is 0 Å². The molecule has 6 heteroatoms. The van der Waals surface area contributed by atoms with Gasteiger partial charge in [-0.25, -0.2) is 0 Å². The summed E-state index contributed by atoms with van der Waals surface area (Å²) in [4.78, 5) is 12.0. The molecule has 1 amide bonds. The van der Waals surface area contributed by atoms with Gasteiger partial charge in [0.05, 0.1) is 6.42 Å². The second-order valence-corrected chi connectivity index (χ2v) is 6.37. The normalized spacial score (nSPS) is 10.2. The lowest BCUT2D eigenvalue weighted by Gasteiger charge is -2.04. The molecule has 0 atom stereocenters. The van der Waals surface area contributed by atoms with Crippen molar-refractivity contribution in [1.82, 2.24) is 10.2 Å². The summed E-state index contributed by atoms with van der Waals surface area (Å²) in [7, 11) is 0. The van der Waals surface area contributed by atoms with Crippen molar-refractivity contribution in [2.75, 3.05) is 11.1 Å². The highest BCUT2D eigenvalue weighted by Crippen LogP contribution is 2.25. The van der Waals surface area contributed by atoms with Crippen molar-refractivity contribution in [1.29, 1.82) is 0 Å². The SMILES string of the molecule is C=CCSc1nnc(NC(=O)Cc2ccccc2C)s1. The first-order valence-corrected chi connectivity index (χ1v) is 7.91. The summed E-state index contributed by atoms with van der Waals surface area (Å²) < 4.78 is 0.830. The first-order valence-electron chi connectivity index (χ1n) is 6.10. The van der Waals surface area contributed by atoms with Crippen LogP contribution in [0.25, 0.3) is 0 Å². The van der Waals surface area contributed by atoms with Crippen LogP contribution in [0.3, 0.4) is 0 Å². The van der Waals surface area contributed by atoms with Crippen LogP contribution in [-0.2, 0) is 11.2 Å². The Labute approximate surface area is 126 Å². The van der Waals surface area contributed by atoms with Crippen molar-refractivity contribution in [3.05, 3.63) is 48.0 Å². The van der Waals surface area contributed by atoms with Crippen LogP contribution in [0.2, 0.25) is 0 Å². The minimum absolute atomic E-state index is 0.0734. The number of hydrogen-bond donors (Lipinski definition) is 1. The molecule has 0 bridgehead atoms. The Morgan fingerprint density at radius 1 is 1.45 bits per heavy atom. The summed E-state index contributed by atoms with van der Waals surface area (Å²) in [5, 5.41) is 11.3. The zero-order valence-corrected chi connectivity index (χ0v) is 12.8. The van der Waals surface area contributed by atoms with E-state index in [1.54, 1.807) is 11.8 Å². The number of benzene rings is 1. The van der Waals surface area contributed by atoms with Gasteiger partial charge in [-0.05, 0) is 18.1 Å². The van der Waals surface area contributed by atoms with Crippen molar-refractivity contribution in [2.24, 2.45) is 0 Å². The lowest BCUT2D eigenvalue weighted by Crippen LogP contribution is -2.14. The summed E-state index contributed by atoms with van der Waals surface area (Å²) in [6.45, 7) is 5.65. The van der Waals surface area contributed by atoms with E-state index in [4.69, 9.17) is 0 Å². The van der Waals surface area contributed by atoms with E-state index in [1.807, 2.05) is 37.3 Å². The molecule has 20 heavy (non-hydrogen) atoms. The lowest BCUT2D eigenvalue weighted by molar-refractivity contribution is -0.115. The molecule has 0 unspecified atom stereocenters. The molecule has 0 fully saturated rings. The van der Waals surface area contributed by atoms with Gasteiger partial charge < -0.3 is 5.32 Å². The van der Waals surface area contributed by atoms with Crippen molar-refractivity contribution < 1.29 is 4.79 Å². The number of aromatic nitrogens is 2. The van der Waals surface area contributed by atoms with Crippen LogP contribution in [0.5, 0.6) is 0 Å². The number of amides is 1. The van der Waals surface area contributed by atoms with Gasteiger partial charge in [-0.3, -0.25) is 4.79 Å². The van der Waals surface area contributed by atoms with E-state index in [9.17, 15) is 4.79 Å². The maximum atomic E-state index is 12.0. The zero-order chi connectivity index (χ0) is 14.4. The van der Waals surface area contributed by atoms with Crippen LogP contribution in [0.4, 0.5) is 5.13 Å². The fourth-order valence-corrected chi connectivity index (χ4v) is 3.12. The predicted octanol–water partition coefficient (Wildman–Crippen LogP) is 3.31. The van der Waals surface area contributed by atoms with E-state index in [2.05, 4.69) is 22.1 Å². The van der Waals surface area contributed by atoms with Gasteiger partial charge in [0.2, 0.25) is 11.0 Å². The molecule has 4 nitrogen and oxygen atoms in total.